The maximum atomic E-state index is 13.6. The number of rotatable bonds is 9. The summed E-state index contributed by atoms with van der Waals surface area (Å²) >= 11 is 0. The minimum absolute atomic E-state index is 0.00356. The van der Waals surface area contributed by atoms with Gasteiger partial charge in [0.15, 0.2) is 12.6 Å². The van der Waals surface area contributed by atoms with Gasteiger partial charge in [-0.1, -0.05) is 0 Å². The molecule has 0 aromatic rings. The van der Waals surface area contributed by atoms with Gasteiger partial charge in [-0.3, -0.25) is 4.79 Å². The van der Waals surface area contributed by atoms with Gasteiger partial charge in [0.1, 0.15) is 40.7 Å². The molecule has 10 atom stereocenters. The van der Waals surface area contributed by atoms with E-state index in [1.54, 1.807) is 41.5 Å². The molecule has 16 heteroatoms. The topological polar surface area (TPSA) is 218 Å². The Bertz CT molecular complexity index is 1250. The molecule has 3 amide bonds. The van der Waals surface area contributed by atoms with Crippen molar-refractivity contribution in [2.45, 2.75) is 184 Å². The zero-order valence-electron chi connectivity index (χ0n) is 31.9. The lowest BCUT2D eigenvalue weighted by atomic mass is 9.68. The number of hydrogen-bond acceptors (Lipinski definition) is 13. The van der Waals surface area contributed by atoms with Crippen molar-refractivity contribution in [1.29, 1.82) is 0 Å². The molecule has 16 nitrogen and oxygen atoms in total. The highest BCUT2D eigenvalue weighted by Crippen LogP contribution is 2.45. The van der Waals surface area contributed by atoms with Gasteiger partial charge in [-0.2, -0.15) is 0 Å². The van der Waals surface area contributed by atoms with Crippen molar-refractivity contribution in [2.75, 3.05) is 13.7 Å². The van der Waals surface area contributed by atoms with Crippen LogP contribution < -0.4 is 10.6 Å². The van der Waals surface area contributed by atoms with Crippen molar-refractivity contribution in [3.8, 4) is 0 Å². The Balaban J connectivity index is 1.46. The molecule has 2 heterocycles. The Morgan fingerprint density at radius 2 is 1.49 bits per heavy atom. The molecule has 294 valence electrons. The molecular weight excluding hydrogens is 670 g/mol. The highest BCUT2D eigenvalue weighted by molar-refractivity contribution is 5.86. The maximum absolute atomic E-state index is 13.6. The van der Waals surface area contributed by atoms with Gasteiger partial charge in [0, 0.05) is 13.1 Å². The van der Waals surface area contributed by atoms with E-state index in [0.717, 1.165) is 4.90 Å². The number of hydrogen-bond donors (Lipinski definition) is 6. The van der Waals surface area contributed by atoms with E-state index in [-0.39, 0.29) is 56.2 Å². The van der Waals surface area contributed by atoms with Crippen LogP contribution in [0.15, 0.2) is 0 Å². The van der Waals surface area contributed by atoms with Crippen LogP contribution in [0, 0.1) is 5.92 Å². The molecular formula is C35H61N3O13. The lowest BCUT2D eigenvalue weighted by Crippen LogP contribution is -2.69. The van der Waals surface area contributed by atoms with Crippen molar-refractivity contribution in [1.82, 2.24) is 15.5 Å². The van der Waals surface area contributed by atoms with Gasteiger partial charge in [-0.05, 0) is 107 Å². The first kappa shape index (κ1) is 41.4. The van der Waals surface area contributed by atoms with E-state index in [9.17, 15) is 34.8 Å². The van der Waals surface area contributed by atoms with Crippen molar-refractivity contribution in [3.05, 3.63) is 0 Å². The van der Waals surface area contributed by atoms with Gasteiger partial charge in [-0.25, -0.2) is 9.59 Å². The summed E-state index contributed by atoms with van der Waals surface area (Å²) in [5.74, 6) is -0.639. The molecule has 4 fully saturated rings. The standard InChI is InChI=1S/C35H61N3O13/c1-31(2,3)49-26-22(47-26)12-18-15-35(45,16-18)28(41)37-20-13-19(36-29(42)50-32(4,5)6)14-21(39)24(20)48-27-23(40)25(34(10,44)17-46-27)38(11)30(43)51-33(7,8)9/h18-27,39-40,44-45H,12-17H2,1-11H3,(H,36,42)(H,37,41)/t18?,19-,20+,21-,22?,23+,24-,25+,26?,27+,34-,35?/m0/s1. The van der Waals surface area contributed by atoms with E-state index in [1.807, 2.05) is 20.8 Å². The number of carbonyl (C=O) groups excluding carboxylic acids is 3. The molecule has 2 aliphatic carbocycles. The van der Waals surface area contributed by atoms with Gasteiger partial charge >= 0.3 is 12.2 Å². The molecule has 4 rings (SSSR count). The van der Waals surface area contributed by atoms with Gasteiger partial charge in [0.25, 0.3) is 5.91 Å². The largest absolute Gasteiger partial charge is 0.444 e. The zero-order valence-corrected chi connectivity index (χ0v) is 31.9. The molecule has 2 aliphatic heterocycles. The first-order valence-electron chi connectivity index (χ1n) is 17.8. The lowest BCUT2D eigenvalue weighted by molar-refractivity contribution is -0.301. The predicted molar refractivity (Wildman–Crippen MR) is 181 cm³/mol. The predicted octanol–water partition coefficient (Wildman–Crippen LogP) is 1.68. The number of nitrogens with one attached hydrogen (secondary N) is 2. The molecule has 2 unspecified atom stereocenters. The third-order valence-electron chi connectivity index (χ3n) is 9.29. The number of amides is 3. The van der Waals surface area contributed by atoms with Gasteiger partial charge in [0.05, 0.1) is 30.4 Å². The van der Waals surface area contributed by atoms with E-state index >= 15 is 0 Å². The highest BCUT2D eigenvalue weighted by Gasteiger charge is 2.55. The minimum Gasteiger partial charge on any atom is -0.444 e. The average molecular weight is 732 g/mol. The Morgan fingerprint density at radius 3 is 2.06 bits per heavy atom. The van der Waals surface area contributed by atoms with Gasteiger partial charge in [0.2, 0.25) is 0 Å². The Hall–Kier alpha value is -2.31. The van der Waals surface area contributed by atoms with Crippen LogP contribution in [0.5, 0.6) is 0 Å². The summed E-state index contributed by atoms with van der Waals surface area (Å²) in [6.45, 7) is 17.1. The summed E-state index contributed by atoms with van der Waals surface area (Å²) in [6.07, 6.45) is -6.35. The number of nitrogens with zero attached hydrogens (tertiary/aromatic N) is 1. The number of alkyl carbamates (subject to hydrolysis) is 1. The second kappa shape index (κ2) is 14.8. The van der Waals surface area contributed by atoms with E-state index < -0.39 is 83.2 Å². The number of likely N-dealkylation sites (N-methyl/N-ethyl adjacent to an activating group) is 1. The number of aliphatic hydroxyl groups is 4. The molecule has 0 radical (unpaired) electrons. The highest BCUT2D eigenvalue weighted by atomic mass is 16.8. The fourth-order valence-electron chi connectivity index (χ4n) is 7.09. The molecule has 0 aromatic heterocycles. The normalized spacial score (nSPS) is 38.6. The number of epoxide rings is 1. The van der Waals surface area contributed by atoms with Crippen LogP contribution in [-0.4, -0.2) is 140 Å². The maximum Gasteiger partial charge on any atom is 0.410 e. The van der Waals surface area contributed by atoms with E-state index in [1.165, 1.54) is 14.0 Å². The summed E-state index contributed by atoms with van der Waals surface area (Å²) in [4.78, 5) is 40.3. The summed E-state index contributed by atoms with van der Waals surface area (Å²) in [7, 11) is 1.38. The van der Waals surface area contributed by atoms with Crippen LogP contribution in [0.3, 0.4) is 0 Å². The molecule has 2 saturated heterocycles. The van der Waals surface area contributed by atoms with Crippen LogP contribution >= 0.6 is 0 Å². The quantitative estimate of drug-likeness (QED) is 0.186. The minimum atomic E-state index is -1.71. The van der Waals surface area contributed by atoms with E-state index in [4.69, 9.17) is 28.4 Å². The van der Waals surface area contributed by atoms with Crippen LogP contribution in [0.25, 0.3) is 0 Å². The van der Waals surface area contributed by atoms with Crippen molar-refractivity contribution >= 4 is 18.1 Å². The van der Waals surface area contributed by atoms with Crippen LogP contribution in [0.1, 0.15) is 101 Å². The van der Waals surface area contributed by atoms with Gasteiger partial charge < -0.3 is 64.4 Å². The molecule has 0 spiro atoms. The Labute approximate surface area is 300 Å². The SMILES string of the molecule is CN(C(=O)OC(C)(C)C)[C@@H]1[C@@H](O)[C@@H](O[C@@H]2[C@@H](O)C[C@@H](NC(=O)OC(C)(C)C)C[C@H]2NC(=O)C2(O)CC(CC3OC3OC(C)(C)C)C2)OC[C@]1(C)O. The average Bonchev–Trinajstić information content (AvgIpc) is 3.63. The second-order valence-electron chi connectivity index (χ2n) is 17.9. The molecule has 4 aliphatic rings. The number of aliphatic hydroxyl groups excluding tert-OH is 2. The van der Waals surface area contributed by atoms with Crippen molar-refractivity contribution < 1.29 is 63.2 Å². The first-order chi connectivity index (χ1) is 23.2. The molecule has 51 heavy (non-hydrogen) atoms. The fraction of sp³-hybridized carbons (Fsp3) is 0.914. The molecule has 0 aromatic carbocycles. The first-order valence-corrected chi connectivity index (χ1v) is 17.8. The van der Waals surface area contributed by atoms with Crippen LogP contribution in [-0.2, 0) is 33.2 Å². The van der Waals surface area contributed by atoms with Crippen LogP contribution in [0.4, 0.5) is 9.59 Å². The zero-order chi connectivity index (χ0) is 38.5. The third kappa shape index (κ3) is 11.1. The van der Waals surface area contributed by atoms with Crippen molar-refractivity contribution in [2.24, 2.45) is 5.92 Å². The smallest absolute Gasteiger partial charge is 0.410 e. The Kier molecular flexibility index (Phi) is 12.1. The second-order valence-corrected chi connectivity index (χ2v) is 17.9. The number of carbonyl (C=O) groups is 3. The van der Waals surface area contributed by atoms with Crippen molar-refractivity contribution in [3.63, 3.8) is 0 Å². The fourth-order valence-corrected chi connectivity index (χ4v) is 7.09. The van der Waals surface area contributed by atoms with E-state index in [2.05, 4.69) is 10.6 Å². The monoisotopic (exact) mass is 731 g/mol. The lowest BCUT2D eigenvalue weighted by Gasteiger charge is -2.49. The van der Waals surface area contributed by atoms with Crippen LogP contribution in [0.2, 0.25) is 0 Å². The Morgan fingerprint density at radius 1 is 0.882 bits per heavy atom. The van der Waals surface area contributed by atoms with E-state index in [0.29, 0.717) is 6.42 Å². The molecule has 0 bridgehead atoms. The summed E-state index contributed by atoms with van der Waals surface area (Å²) in [5, 5.41) is 50.8. The van der Waals surface area contributed by atoms with Gasteiger partial charge in [-0.15, -0.1) is 0 Å². The summed E-state index contributed by atoms with van der Waals surface area (Å²) in [6, 6.07) is -2.86. The molecule has 6 N–H and O–H groups in total. The molecule has 2 saturated carbocycles. The summed E-state index contributed by atoms with van der Waals surface area (Å²) in [5.41, 5.74) is -5.36. The summed E-state index contributed by atoms with van der Waals surface area (Å²) < 4.78 is 34.2. The third-order valence-corrected chi connectivity index (χ3v) is 9.29. The number of ether oxygens (including phenoxy) is 6.